The summed E-state index contributed by atoms with van der Waals surface area (Å²) in [6.07, 6.45) is 60.2. The maximum atomic E-state index is 12.5. The van der Waals surface area contributed by atoms with Crippen LogP contribution in [0, 0.1) is 0 Å². The Balaban J connectivity index is 3.51. The molecule has 0 aromatic heterocycles. The Morgan fingerprint density at radius 1 is 0.443 bits per heavy atom. The molecule has 2 unspecified atom stereocenters. The minimum atomic E-state index is -0.683. The van der Waals surface area contributed by atoms with Gasteiger partial charge in [0.1, 0.15) is 0 Å². The van der Waals surface area contributed by atoms with Crippen LogP contribution in [0.15, 0.2) is 24.3 Å². The second kappa shape index (κ2) is 51.0. The van der Waals surface area contributed by atoms with Crippen molar-refractivity contribution in [3.05, 3.63) is 24.3 Å². The number of carbonyl (C=O) groups excluding carboxylic acids is 2. The molecule has 0 heterocycles. The third-order valence-electron chi connectivity index (χ3n) is 12.5. The Hall–Kier alpha value is -1.66. The number of esters is 1. The molecule has 1 amide bonds. The largest absolute Gasteiger partial charge is 0.466 e. The molecule has 0 radical (unpaired) electrons. The minimum absolute atomic E-state index is 0.0418. The van der Waals surface area contributed by atoms with Crippen LogP contribution in [0.3, 0.4) is 0 Å². The first-order valence-electron chi connectivity index (χ1n) is 27.1. The Kier molecular flexibility index (Phi) is 49.6. The van der Waals surface area contributed by atoms with Gasteiger partial charge in [0, 0.05) is 12.8 Å². The molecule has 0 aromatic carbocycles. The van der Waals surface area contributed by atoms with Crippen molar-refractivity contribution in [3.8, 4) is 0 Å². The molecule has 0 bridgehead atoms. The molecule has 6 nitrogen and oxygen atoms in total. The quantitative estimate of drug-likeness (QED) is 0.0322. The van der Waals surface area contributed by atoms with Gasteiger partial charge in [-0.2, -0.15) is 0 Å². The van der Waals surface area contributed by atoms with Gasteiger partial charge in [-0.05, 0) is 70.6 Å². The highest BCUT2D eigenvalue weighted by Gasteiger charge is 2.20. The number of hydrogen-bond acceptors (Lipinski definition) is 5. The Bertz CT molecular complexity index is 951. The number of aliphatic hydroxyl groups is 2. The molecule has 0 saturated heterocycles. The van der Waals surface area contributed by atoms with E-state index in [-0.39, 0.29) is 18.5 Å². The molecule has 6 heteroatoms. The number of allylic oxidation sites excluding steroid dienone is 4. The molecular formula is C55H105NO5. The van der Waals surface area contributed by atoms with Crippen LogP contribution in [0.2, 0.25) is 0 Å². The van der Waals surface area contributed by atoms with Crippen LogP contribution in [0.1, 0.15) is 290 Å². The fourth-order valence-corrected chi connectivity index (χ4v) is 8.26. The number of nitrogens with one attached hydrogen (secondary N) is 1. The number of carbonyl (C=O) groups is 2. The van der Waals surface area contributed by atoms with Crippen molar-refractivity contribution in [1.29, 1.82) is 0 Å². The average molecular weight is 860 g/mol. The number of unbranched alkanes of at least 4 members (excludes halogenated alkanes) is 35. The van der Waals surface area contributed by atoms with E-state index in [1.165, 1.54) is 173 Å². The van der Waals surface area contributed by atoms with Gasteiger partial charge in [-0.25, -0.2) is 0 Å². The molecule has 2 atom stereocenters. The molecule has 360 valence electrons. The van der Waals surface area contributed by atoms with Gasteiger partial charge in [0.25, 0.3) is 0 Å². The van der Waals surface area contributed by atoms with Crippen LogP contribution >= 0.6 is 0 Å². The molecule has 0 fully saturated rings. The summed E-state index contributed by atoms with van der Waals surface area (Å²) < 4.78 is 5.41. The summed E-state index contributed by atoms with van der Waals surface area (Å²) in [5, 5.41) is 23.3. The van der Waals surface area contributed by atoms with E-state index in [2.05, 4.69) is 43.5 Å². The normalized spacial score (nSPS) is 12.8. The number of hydrogen-bond donors (Lipinski definition) is 3. The van der Waals surface area contributed by atoms with Crippen LogP contribution < -0.4 is 5.32 Å². The first-order valence-corrected chi connectivity index (χ1v) is 27.1. The maximum absolute atomic E-state index is 12.5. The summed E-state index contributed by atoms with van der Waals surface area (Å²) in [7, 11) is 0. The Morgan fingerprint density at radius 2 is 0.787 bits per heavy atom. The summed E-state index contributed by atoms with van der Waals surface area (Å²) in [6.45, 7) is 4.84. The Morgan fingerprint density at radius 3 is 1.21 bits per heavy atom. The lowest BCUT2D eigenvalue weighted by Gasteiger charge is -2.22. The summed E-state index contributed by atoms with van der Waals surface area (Å²) in [5.41, 5.74) is 0. The van der Waals surface area contributed by atoms with Crippen molar-refractivity contribution >= 4 is 11.9 Å². The number of aliphatic hydroxyl groups excluding tert-OH is 2. The van der Waals surface area contributed by atoms with Crippen molar-refractivity contribution in [3.63, 3.8) is 0 Å². The zero-order chi connectivity index (χ0) is 44.4. The molecule has 0 rings (SSSR count). The van der Waals surface area contributed by atoms with Crippen LogP contribution in [0.5, 0.6) is 0 Å². The van der Waals surface area contributed by atoms with Gasteiger partial charge < -0.3 is 20.3 Å². The molecule has 0 spiro atoms. The van der Waals surface area contributed by atoms with Crippen molar-refractivity contribution in [1.82, 2.24) is 5.32 Å². The molecule has 0 saturated carbocycles. The van der Waals surface area contributed by atoms with Crippen LogP contribution in [0.4, 0.5) is 0 Å². The highest BCUT2D eigenvalue weighted by Crippen LogP contribution is 2.17. The summed E-state index contributed by atoms with van der Waals surface area (Å²) in [4.78, 5) is 24.4. The predicted molar refractivity (Wildman–Crippen MR) is 264 cm³/mol. The van der Waals surface area contributed by atoms with Crippen LogP contribution in [-0.2, 0) is 14.3 Å². The van der Waals surface area contributed by atoms with Gasteiger partial charge >= 0.3 is 5.97 Å². The summed E-state index contributed by atoms with van der Waals surface area (Å²) in [5.74, 6) is -0.104. The topological polar surface area (TPSA) is 95.9 Å². The molecule has 3 N–H and O–H groups in total. The fraction of sp³-hybridized carbons (Fsp3) is 0.891. The predicted octanol–water partition coefficient (Wildman–Crippen LogP) is 16.3. The van der Waals surface area contributed by atoms with Crippen molar-refractivity contribution in [2.75, 3.05) is 13.2 Å². The van der Waals surface area contributed by atoms with Gasteiger partial charge in [0.05, 0.1) is 25.4 Å². The minimum Gasteiger partial charge on any atom is -0.466 e. The second-order valence-corrected chi connectivity index (χ2v) is 18.6. The number of ether oxygens (including phenoxy) is 1. The van der Waals surface area contributed by atoms with E-state index in [1.54, 1.807) is 0 Å². The number of amides is 1. The number of rotatable bonds is 50. The first-order chi connectivity index (χ1) is 30.0. The van der Waals surface area contributed by atoms with Gasteiger partial charge in [0.15, 0.2) is 0 Å². The SMILES string of the molecule is CCCC/C=C\CCCCCCCC(=O)OCCCC/C=C\CCCCCCCC(=O)NC(CO)C(O)CCCCCCCCCCCCCCCCCCCCCCCC. The van der Waals surface area contributed by atoms with Gasteiger partial charge in [-0.3, -0.25) is 9.59 Å². The maximum Gasteiger partial charge on any atom is 0.305 e. The van der Waals surface area contributed by atoms with Gasteiger partial charge in [-0.15, -0.1) is 0 Å². The van der Waals surface area contributed by atoms with Crippen LogP contribution in [-0.4, -0.2) is 47.4 Å². The molecular weight excluding hydrogens is 755 g/mol. The molecule has 0 aliphatic carbocycles. The highest BCUT2D eigenvalue weighted by molar-refractivity contribution is 5.76. The third-order valence-corrected chi connectivity index (χ3v) is 12.5. The van der Waals surface area contributed by atoms with Gasteiger partial charge in [-0.1, -0.05) is 231 Å². The third kappa shape index (κ3) is 47.7. The van der Waals surface area contributed by atoms with E-state index < -0.39 is 12.1 Å². The lowest BCUT2D eigenvalue weighted by Crippen LogP contribution is -2.45. The first kappa shape index (κ1) is 59.3. The fourth-order valence-electron chi connectivity index (χ4n) is 8.26. The van der Waals surface area contributed by atoms with E-state index in [1.807, 2.05) is 0 Å². The second-order valence-electron chi connectivity index (χ2n) is 18.6. The van der Waals surface area contributed by atoms with Crippen LogP contribution in [0.25, 0.3) is 0 Å². The lowest BCUT2D eigenvalue weighted by atomic mass is 10.0. The molecule has 0 aliphatic rings. The van der Waals surface area contributed by atoms with Crippen molar-refractivity contribution < 1.29 is 24.5 Å². The molecule has 61 heavy (non-hydrogen) atoms. The van der Waals surface area contributed by atoms with E-state index >= 15 is 0 Å². The van der Waals surface area contributed by atoms with E-state index in [9.17, 15) is 19.8 Å². The van der Waals surface area contributed by atoms with Gasteiger partial charge in [0.2, 0.25) is 5.91 Å². The zero-order valence-corrected chi connectivity index (χ0v) is 40.9. The Labute approximate surface area is 380 Å². The van der Waals surface area contributed by atoms with E-state index in [0.717, 1.165) is 83.5 Å². The monoisotopic (exact) mass is 860 g/mol. The average Bonchev–Trinajstić information content (AvgIpc) is 3.26. The highest BCUT2D eigenvalue weighted by atomic mass is 16.5. The molecule has 0 aliphatic heterocycles. The smallest absolute Gasteiger partial charge is 0.305 e. The lowest BCUT2D eigenvalue weighted by molar-refractivity contribution is -0.143. The summed E-state index contributed by atoms with van der Waals surface area (Å²) >= 11 is 0. The van der Waals surface area contributed by atoms with E-state index in [0.29, 0.717) is 25.9 Å². The van der Waals surface area contributed by atoms with Crippen molar-refractivity contribution in [2.45, 2.75) is 302 Å². The standard InChI is InChI=1S/C55H105NO5/c1-3-5-7-9-11-13-15-16-17-18-19-20-21-22-23-24-25-28-31-35-39-43-47-53(58)52(51-57)56-54(59)48-44-40-36-32-29-26-30-34-38-42-46-50-61-55(60)49-45-41-37-33-27-14-12-10-8-6-4-2/h10,12,30,34,52-53,57-58H,3-9,11,13-29,31-33,35-51H2,1-2H3,(H,56,59)/b12-10-,34-30-. The van der Waals surface area contributed by atoms with Crippen molar-refractivity contribution in [2.24, 2.45) is 0 Å². The zero-order valence-electron chi connectivity index (χ0n) is 40.9. The van der Waals surface area contributed by atoms with E-state index in [4.69, 9.17) is 4.74 Å². The summed E-state index contributed by atoms with van der Waals surface area (Å²) in [6, 6.07) is -0.563. The molecule has 0 aromatic rings.